The number of fused-ring (bicyclic) bond motifs is 1. The van der Waals surface area contributed by atoms with E-state index in [-0.39, 0.29) is 6.42 Å². The van der Waals surface area contributed by atoms with Gasteiger partial charge in [0.15, 0.2) is 0 Å². The number of alkyl halides is 1. The predicted molar refractivity (Wildman–Crippen MR) is 150 cm³/mol. The number of hydrogen-bond donors (Lipinski definition) is 1. The number of nitrogens with zero attached hydrogens (tertiary/aromatic N) is 2. The molecule has 1 N–H and O–H groups in total. The number of ether oxygens (including phenoxy) is 2. The molecule has 0 unspecified atom stereocenters. The number of aromatic nitrogens is 1. The third-order valence-corrected chi connectivity index (χ3v) is 8.00. The standard InChI is InChI=1S/C26H32FN3O4S3/c1-9-17-19(13-18(15(2)27)28-23(31)33-25(3,4)5)36-21-20(17)29-37-22(21)30(14-16-11-10-12-35-16)24(32)34-26(6,7)8/h1,10-12,15,18H,13-14H2,2-8H3,(H,28,31)/t15-,18+/m0/s1. The van der Waals surface area contributed by atoms with Gasteiger partial charge in [0.05, 0.1) is 22.8 Å². The van der Waals surface area contributed by atoms with Gasteiger partial charge in [0.25, 0.3) is 0 Å². The minimum absolute atomic E-state index is 0.152. The van der Waals surface area contributed by atoms with E-state index in [1.165, 1.54) is 29.6 Å². The fraction of sp³-hybridized carbons (Fsp3) is 0.500. The highest BCUT2D eigenvalue weighted by atomic mass is 32.1. The van der Waals surface area contributed by atoms with Crippen LogP contribution in [0, 0.1) is 12.3 Å². The second kappa shape index (κ2) is 11.4. The second-order valence-electron chi connectivity index (χ2n) is 10.5. The van der Waals surface area contributed by atoms with Crippen LogP contribution in [-0.2, 0) is 22.4 Å². The summed E-state index contributed by atoms with van der Waals surface area (Å²) in [5, 5.41) is 5.17. The van der Waals surface area contributed by atoms with Crippen molar-refractivity contribution in [1.29, 1.82) is 0 Å². The zero-order valence-corrected chi connectivity index (χ0v) is 24.5. The number of carbonyl (C=O) groups is 2. The van der Waals surface area contributed by atoms with Crippen molar-refractivity contribution in [3.8, 4) is 12.3 Å². The third kappa shape index (κ3) is 7.66. The lowest BCUT2D eigenvalue weighted by molar-refractivity contribution is 0.0477. The SMILES string of the molecule is C#Cc1c(C[C@@H](NC(=O)OC(C)(C)C)[C@H](C)F)sc2c(N(Cc3cccs3)C(=O)OC(C)(C)C)snc12. The molecule has 0 saturated carbocycles. The maximum atomic E-state index is 14.5. The molecule has 0 saturated heterocycles. The lowest BCUT2D eigenvalue weighted by Gasteiger charge is -2.26. The Morgan fingerprint density at radius 2 is 1.89 bits per heavy atom. The van der Waals surface area contributed by atoms with E-state index in [1.54, 1.807) is 25.7 Å². The Morgan fingerprint density at radius 3 is 2.43 bits per heavy atom. The average molecular weight is 566 g/mol. The van der Waals surface area contributed by atoms with Gasteiger partial charge in [-0.15, -0.1) is 29.1 Å². The van der Waals surface area contributed by atoms with E-state index in [1.807, 2.05) is 38.3 Å². The number of rotatable bonds is 7. The molecule has 11 heteroatoms. The second-order valence-corrected chi connectivity index (χ2v) is 13.4. The summed E-state index contributed by atoms with van der Waals surface area (Å²) in [4.78, 5) is 28.8. The van der Waals surface area contributed by atoms with E-state index in [0.717, 1.165) is 21.1 Å². The van der Waals surface area contributed by atoms with Crippen LogP contribution in [-0.4, -0.2) is 40.0 Å². The summed E-state index contributed by atoms with van der Waals surface area (Å²) in [6.45, 7) is 12.3. The number of hydrogen-bond acceptors (Lipinski definition) is 8. The van der Waals surface area contributed by atoms with Crippen LogP contribution in [0.4, 0.5) is 19.0 Å². The van der Waals surface area contributed by atoms with E-state index in [4.69, 9.17) is 15.9 Å². The maximum absolute atomic E-state index is 14.5. The van der Waals surface area contributed by atoms with Crippen LogP contribution in [0.1, 0.15) is 63.8 Å². The molecule has 0 radical (unpaired) electrons. The molecule has 0 fully saturated rings. The smallest absolute Gasteiger partial charge is 0.415 e. The Labute approximate surface area is 229 Å². The molecule has 0 aliphatic heterocycles. The summed E-state index contributed by atoms with van der Waals surface area (Å²) < 4.78 is 30.8. The summed E-state index contributed by atoms with van der Waals surface area (Å²) in [7, 11) is 0. The van der Waals surface area contributed by atoms with Crippen molar-refractivity contribution in [2.75, 3.05) is 4.90 Å². The third-order valence-electron chi connectivity index (χ3n) is 4.93. The van der Waals surface area contributed by atoms with E-state index in [0.29, 0.717) is 27.5 Å². The summed E-state index contributed by atoms with van der Waals surface area (Å²) >= 11 is 4.04. The number of halogens is 1. The highest BCUT2D eigenvalue weighted by molar-refractivity contribution is 7.25. The van der Waals surface area contributed by atoms with Gasteiger partial charge >= 0.3 is 12.2 Å². The van der Waals surface area contributed by atoms with Gasteiger partial charge < -0.3 is 14.8 Å². The quantitative estimate of drug-likeness (QED) is 0.308. The van der Waals surface area contributed by atoms with Crippen LogP contribution >= 0.6 is 34.2 Å². The molecule has 7 nitrogen and oxygen atoms in total. The lowest BCUT2D eigenvalue weighted by Crippen LogP contribution is -2.44. The molecule has 3 rings (SSSR count). The first-order valence-electron chi connectivity index (χ1n) is 11.7. The van der Waals surface area contributed by atoms with Gasteiger partial charge in [0.1, 0.15) is 27.9 Å². The van der Waals surface area contributed by atoms with Crippen molar-refractivity contribution < 1.29 is 23.5 Å². The summed E-state index contributed by atoms with van der Waals surface area (Å²) in [5.41, 5.74) is -0.295. The van der Waals surface area contributed by atoms with Gasteiger partial charge in [-0.05, 0) is 71.4 Å². The molecule has 37 heavy (non-hydrogen) atoms. The summed E-state index contributed by atoms with van der Waals surface area (Å²) in [5.74, 6) is 2.68. The van der Waals surface area contributed by atoms with Crippen molar-refractivity contribution in [3.63, 3.8) is 0 Å². The van der Waals surface area contributed by atoms with Crippen molar-refractivity contribution in [1.82, 2.24) is 9.69 Å². The molecular formula is C26H32FN3O4S3. The molecule has 3 heterocycles. The van der Waals surface area contributed by atoms with Crippen molar-refractivity contribution in [2.24, 2.45) is 0 Å². The minimum Gasteiger partial charge on any atom is -0.444 e. The van der Waals surface area contributed by atoms with E-state index in [2.05, 4.69) is 15.6 Å². The highest BCUT2D eigenvalue weighted by Crippen LogP contribution is 2.42. The predicted octanol–water partition coefficient (Wildman–Crippen LogP) is 7.14. The largest absolute Gasteiger partial charge is 0.444 e. The molecule has 3 aromatic heterocycles. The number of carbonyl (C=O) groups excluding carboxylic acids is 2. The van der Waals surface area contributed by atoms with Gasteiger partial charge in [-0.2, -0.15) is 4.37 Å². The fourth-order valence-electron chi connectivity index (χ4n) is 3.38. The number of terminal acetylenes is 1. The number of alkyl carbamates (subject to hydrolysis) is 1. The highest BCUT2D eigenvalue weighted by Gasteiger charge is 2.31. The van der Waals surface area contributed by atoms with Crippen LogP contribution in [0.5, 0.6) is 0 Å². The number of thiophene rings is 2. The van der Waals surface area contributed by atoms with Gasteiger partial charge in [0, 0.05) is 16.2 Å². The van der Waals surface area contributed by atoms with Crippen molar-refractivity contribution in [2.45, 2.75) is 84.8 Å². The molecule has 0 aliphatic rings. The molecule has 3 aromatic rings. The zero-order valence-electron chi connectivity index (χ0n) is 22.0. The lowest BCUT2D eigenvalue weighted by atomic mass is 10.1. The Morgan fingerprint density at radius 1 is 1.22 bits per heavy atom. The van der Waals surface area contributed by atoms with Crippen LogP contribution in [0.15, 0.2) is 17.5 Å². The van der Waals surface area contributed by atoms with Crippen molar-refractivity contribution in [3.05, 3.63) is 32.8 Å². The minimum atomic E-state index is -1.36. The number of amides is 2. The average Bonchev–Trinajstić information content (AvgIpc) is 3.45. The topological polar surface area (TPSA) is 80.8 Å². The van der Waals surface area contributed by atoms with Gasteiger partial charge in [-0.3, -0.25) is 4.90 Å². The van der Waals surface area contributed by atoms with Crippen LogP contribution in [0.2, 0.25) is 0 Å². The van der Waals surface area contributed by atoms with E-state index in [9.17, 15) is 14.0 Å². The normalized spacial score (nSPS) is 13.6. The zero-order chi connectivity index (χ0) is 27.5. The Kier molecular flexibility index (Phi) is 8.88. The maximum Gasteiger partial charge on any atom is 0.415 e. The molecular weight excluding hydrogens is 534 g/mol. The Bertz CT molecular complexity index is 1280. The molecule has 2 amide bonds. The first kappa shape index (κ1) is 28.9. The number of anilines is 1. The monoisotopic (exact) mass is 565 g/mol. The van der Waals surface area contributed by atoms with Crippen LogP contribution < -0.4 is 10.2 Å². The molecule has 0 aliphatic carbocycles. The van der Waals surface area contributed by atoms with Gasteiger partial charge in [0.2, 0.25) is 0 Å². The van der Waals surface area contributed by atoms with E-state index >= 15 is 0 Å². The summed E-state index contributed by atoms with van der Waals surface area (Å²) in [6, 6.07) is 3.01. The number of nitrogens with one attached hydrogen (secondary N) is 1. The molecule has 0 aromatic carbocycles. The summed E-state index contributed by atoms with van der Waals surface area (Å²) in [6.07, 6.45) is 3.44. The first-order valence-corrected chi connectivity index (χ1v) is 14.2. The van der Waals surface area contributed by atoms with Gasteiger partial charge in [-0.25, -0.2) is 14.0 Å². The Balaban J connectivity index is 1.97. The molecule has 0 spiro atoms. The molecule has 200 valence electrons. The van der Waals surface area contributed by atoms with Gasteiger partial charge in [-0.1, -0.05) is 12.0 Å². The van der Waals surface area contributed by atoms with Crippen molar-refractivity contribution >= 4 is 61.6 Å². The fourth-order valence-corrected chi connectivity index (χ4v) is 6.35. The molecule has 0 bridgehead atoms. The van der Waals surface area contributed by atoms with Crippen LogP contribution in [0.25, 0.3) is 10.2 Å². The van der Waals surface area contributed by atoms with E-state index < -0.39 is 35.6 Å². The first-order chi connectivity index (χ1) is 17.2. The van der Waals surface area contributed by atoms with Crippen LogP contribution in [0.3, 0.4) is 0 Å². The Hall–Kier alpha value is -2.68. The molecule has 2 atom stereocenters.